The van der Waals surface area contributed by atoms with Gasteiger partial charge in [0.2, 0.25) is 0 Å². The van der Waals surface area contributed by atoms with Crippen LogP contribution in [0.3, 0.4) is 0 Å². The van der Waals surface area contributed by atoms with Crippen molar-refractivity contribution in [3.05, 3.63) is 0 Å². The summed E-state index contributed by atoms with van der Waals surface area (Å²) in [6.45, 7) is 17.7. The summed E-state index contributed by atoms with van der Waals surface area (Å²) in [4.78, 5) is 24.8. The molecule has 0 N–H and O–H groups in total. The second-order valence-corrected chi connectivity index (χ2v) is 14.6. The van der Waals surface area contributed by atoms with Crippen LogP contribution in [0.15, 0.2) is 0 Å². The van der Waals surface area contributed by atoms with Gasteiger partial charge in [0.25, 0.3) is 0 Å². The van der Waals surface area contributed by atoms with Crippen LogP contribution >= 0.6 is 0 Å². The van der Waals surface area contributed by atoms with Crippen LogP contribution in [-0.4, -0.2) is 32.8 Å². The molecule has 4 nitrogen and oxygen atoms in total. The second kappa shape index (κ2) is 5.66. The Labute approximate surface area is 147 Å². The van der Waals surface area contributed by atoms with Crippen molar-refractivity contribution < 1.29 is 18.8 Å². The molecule has 2 rings (SSSR count). The molecule has 2 saturated carbocycles. The van der Waals surface area contributed by atoms with Crippen molar-refractivity contribution in [2.24, 2.45) is 23.2 Å². The lowest BCUT2D eigenvalue weighted by Crippen LogP contribution is -2.47. The highest BCUT2D eigenvalue weighted by molar-refractivity contribution is 6.74. The van der Waals surface area contributed by atoms with Crippen LogP contribution in [0.5, 0.6) is 0 Å². The molecular weight excluding hydrogens is 320 g/mol. The number of hydrogen-bond acceptors (Lipinski definition) is 4. The van der Waals surface area contributed by atoms with Crippen molar-refractivity contribution in [1.29, 1.82) is 0 Å². The number of fused-ring (bicyclic) bond motifs is 1. The monoisotopic (exact) mass is 354 g/mol. The van der Waals surface area contributed by atoms with Crippen LogP contribution < -0.4 is 0 Å². The van der Waals surface area contributed by atoms with Gasteiger partial charge >= 0.3 is 5.97 Å². The molecule has 2 aliphatic rings. The van der Waals surface area contributed by atoms with Crippen LogP contribution in [0.1, 0.15) is 54.4 Å². The number of rotatable bonds is 3. The Morgan fingerprint density at radius 1 is 1.25 bits per heavy atom. The first-order chi connectivity index (χ1) is 10.7. The average Bonchev–Trinajstić information content (AvgIpc) is 2.86. The first-order valence-electron chi connectivity index (χ1n) is 9.02. The number of Topliss-reactive ketones (excluding diaryl/α,β-unsaturated/α-hetero) is 1. The highest BCUT2D eigenvalue weighted by Gasteiger charge is 2.75. The Kier molecular flexibility index (Phi) is 4.63. The van der Waals surface area contributed by atoms with Crippen molar-refractivity contribution in [3.63, 3.8) is 0 Å². The van der Waals surface area contributed by atoms with E-state index in [9.17, 15) is 9.59 Å². The van der Waals surface area contributed by atoms with Gasteiger partial charge in [0.05, 0.1) is 12.7 Å². The van der Waals surface area contributed by atoms with E-state index >= 15 is 0 Å². The summed E-state index contributed by atoms with van der Waals surface area (Å²) in [7, 11) is -0.610. The smallest absolute Gasteiger partial charge is 0.316 e. The van der Waals surface area contributed by atoms with Gasteiger partial charge in [-0.25, -0.2) is 0 Å². The number of methoxy groups -OCH3 is 1. The van der Waals surface area contributed by atoms with Crippen molar-refractivity contribution in [1.82, 2.24) is 0 Å². The van der Waals surface area contributed by atoms with Crippen LogP contribution in [0.4, 0.5) is 0 Å². The Morgan fingerprint density at radius 3 is 2.25 bits per heavy atom. The predicted octanol–water partition coefficient (Wildman–Crippen LogP) is 4.19. The molecule has 5 heteroatoms. The Balaban J connectivity index is 2.36. The van der Waals surface area contributed by atoms with Gasteiger partial charge in [-0.3, -0.25) is 9.59 Å². The van der Waals surface area contributed by atoms with E-state index in [2.05, 4.69) is 47.7 Å². The third-order valence-corrected chi connectivity index (χ3v) is 11.6. The van der Waals surface area contributed by atoms with Gasteiger partial charge in [-0.2, -0.15) is 0 Å². The molecule has 0 bridgehead atoms. The lowest BCUT2D eigenvalue weighted by atomic mass is 9.83. The highest BCUT2D eigenvalue weighted by atomic mass is 28.4. The van der Waals surface area contributed by atoms with Gasteiger partial charge in [0.15, 0.2) is 8.32 Å². The minimum absolute atomic E-state index is 0.0191. The zero-order chi connectivity index (χ0) is 18.7. The summed E-state index contributed by atoms with van der Waals surface area (Å²) in [6.07, 6.45) is 1.18. The zero-order valence-corrected chi connectivity index (χ0v) is 17.8. The molecule has 138 valence electrons. The third-order valence-electron chi connectivity index (χ3n) is 7.09. The summed E-state index contributed by atoms with van der Waals surface area (Å²) in [5, 5.41) is 0.117. The maximum Gasteiger partial charge on any atom is 0.316 e. The lowest BCUT2D eigenvalue weighted by molar-refractivity contribution is -0.151. The van der Waals surface area contributed by atoms with E-state index in [1.165, 1.54) is 7.11 Å². The van der Waals surface area contributed by atoms with Crippen molar-refractivity contribution >= 4 is 20.1 Å². The fraction of sp³-hybridized carbons (Fsp3) is 0.895. The van der Waals surface area contributed by atoms with E-state index < -0.39 is 20.2 Å². The number of carbonyl (C=O) groups is 2. The Hall–Kier alpha value is -0.683. The van der Waals surface area contributed by atoms with E-state index in [0.717, 1.165) is 6.42 Å². The van der Waals surface area contributed by atoms with Gasteiger partial charge in [-0.1, -0.05) is 41.5 Å². The maximum atomic E-state index is 12.7. The van der Waals surface area contributed by atoms with Crippen LogP contribution in [0.2, 0.25) is 18.1 Å². The number of ether oxygens (including phenoxy) is 1. The quantitative estimate of drug-likeness (QED) is 0.433. The number of ketones is 1. The summed E-state index contributed by atoms with van der Waals surface area (Å²) in [5.74, 6) is -0.872. The first kappa shape index (κ1) is 19.6. The fourth-order valence-electron chi connectivity index (χ4n) is 4.33. The molecule has 0 aromatic heterocycles. The lowest BCUT2D eigenvalue weighted by Gasteiger charge is -2.42. The molecule has 2 aliphatic carbocycles. The molecule has 0 aliphatic heterocycles. The topological polar surface area (TPSA) is 52.6 Å². The SMILES string of the molecule is COC(=O)C1C(=O)C[C@@H]2C(C)(C)[C@]2(O[Si](C)(C)C(C)(C)C)C[C@H]1C. The normalized spacial score (nSPS) is 35.9. The summed E-state index contributed by atoms with van der Waals surface area (Å²) in [6, 6.07) is 0. The molecule has 0 heterocycles. The van der Waals surface area contributed by atoms with Crippen LogP contribution in [-0.2, 0) is 18.8 Å². The van der Waals surface area contributed by atoms with Gasteiger partial charge in [0.1, 0.15) is 11.7 Å². The molecule has 1 unspecified atom stereocenters. The summed E-state index contributed by atoms with van der Waals surface area (Å²) >= 11 is 0. The maximum absolute atomic E-state index is 12.7. The Bertz CT molecular complexity index is 546. The van der Waals surface area contributed by atoms with Crippen molar-refractivity contribution in [3.8, 4) is 0 Å². The average molecular weight is 355 g/mol. The summed E-state index contributed by atoms with van der Waals surface area (Å²) in [5.41, 5.74) is -0.304. The molecule has 0 spiro atoms. The molecule has 0 amide bonds. The minimum atomic E-state index is -1.97. The van der Waals surface area contributed by atoms with E-state index in [4.69, 9.17) is 9.16 Å². The van der Waals surface area contributed by atoms with E-state index in [0.29, 0.717) is 6.42 Å². The minimum Gasteiger partial charge on any atom is -0.468 e. The van der Waals surface area contributed by atoms with E-state index in [-0.39, 0.29) is 33.7 Å². The van der Waals surface area contributed by atoms with Crippen LogP contribution in [0, 0.1) is 23.2 Å². The predicted molar refractivity (Wildman–Crippen MR) is 97.2 cm³/mol. The zero-order valence-electron chi connectivity index (χ0n) is 16.8. The highest BCUT2D eigenvalue weighted by Crippen LogP contribution is 2.71. The molecule has 2 fully saturated rings. The van der Waals surface area contributed by atoms with Crippen molar-refractivity contribution in [2.45, 2.75) is 78.1 Å². The van der Waals surface area contributed by atoms with Gasteiger partial charge in [-0.15, -0.1) is 0 Å². The number of esters is 1. The molecule has 0 radical (unpaired) electrons. The first-order valence-corrected chi connectivity index (χ1v) is 11.9. The van der Waals surface area contributed by atoms with E-state index in [1.54, 1.807) is 0 Å². The van der Waals surface area contributed by atoms with Crippen LogP contribution in [0.25, 0.3) is 0 Å². The Morgan fingerprint density at radius 2 is 1.79 bits per heavy atom. The molecule has 0 aromatic carbocycles. The van der Waals surface area contributed by atoms with Gasteiger partial charge < -0.3 is 9.16 Å². The number of hydrogen-bond donors (Lipinski definition) is 0. The molecule has 24 heavy (non-hydrogen) atoms. The largest absolute Gasteiger partial charge is 0.468 e. The molecule has 0 aromatic rings. The fourth-order valence-corrected chi connectivity index (χ4v) is 6.04. The summed E-state index contributed by atoms with van der Waals surface area (Å²) < 4.78 is 11.8. The molecule has 0 saturated heterocycles. The third kappa shape index (κ3) is 2.77. The molecule has 4 atom stereocenters. The number of carbonyl (C=O) groups excluding carboxylic acids is 2. The van der Waals surface area contributed by atoms with E-state index in [1.807, 2.05) is 6.92 Å². The van der Waals surface area contributed by atoms with Gasteiger partial charge in [0, 0.05) is 12.3 Å². The molecular formula is C19H34O4Si. The van der Waals surface area contributed by atoms with Crippen molar-refractivity contribution in [2.75, 3.05) is 7.11 Å². The van der Waals surface area contributed by atoms with Gasteiger partial charge in [-0.05, 0) is 35.9 Å². The second-order valence-electron chi connectivity index (χ2n) is 9.88. The standard InChI is InChI=1S/C19H34O4Si/c1-12-11-19(23-24(8,9)17(2,3)4)14(18(19,5)6)10-13(20)15(12)16(21)22-7/h12,14-15H,10-11H2,1-9H3/t12-,14-,15?,19+/m1/s1.